The fourth-order valence-electron chi connectivity index (χ4n) is 4.92. The number of thioether (sulfide) groups is 1. The first-order chi connectivity index (χ1) is 9.43. The maximum absolute atomic E-state index is 6.94. The zero-order chi connectivity index (χ0) is 14.3. The van der Waals surface area contributed by atoms with Crippen molar-refractivity contribution in [3.63, 3.8) is 0 Å². The summed E-state index contributed by atoms with van der Waals surface area (Å²) in [6, 6.07) is 0. The van der Waals surface area contributed by atoms with E-state index in [4.69, 9.17) is 10.5 Å². The van der Waals surface area contributed by atoms with Gasteiger partial charge in [0.1, 0.15) is 0 Å². The molecule has 0 aromatic heterocycles. The third-order valence-electron chi connectivity index (χ3n) is 6.01. The molecule has 116 valence electrons. The van der Waals surface area contributed by atoms with Crippen molar-refractivity contribution in [1.29, 1.82) is 0 Å². The highest BCUT2D eigenvalue weighted by atomic mass is 32.2. The van der Waals surface area contributed by atoms with E-state index < -0.39 is 0 Å². The second kappa shape index (κ2) is 5.48. The molecule has 0 bridgehead atoms. The number of nitrogens with two attached hydrogens (primary N) is 1. The Balaban J connectivity index is 1.72. The molecule has 1 spiro atoms. The van der Waals surface area contributed by atoms with E-state index in [1.807, 2.05) is 0 Å². The van der Waals surface area contributed by atoms with Crippen molar-refractivity contribution < 1.29 is 4.74 Å². The van der Waals surface area contributed by atoms with Gasteiger partial charge in [-0.2, -0.15) is 11.8 Å². The first kappa shape index (κ1) is 15.2. The molecule has 3 fully saturated rings. The van der Waals surface area contributed by atoms with Crippen LogP contribution < -0.4 is 5.73 Å². The van der Waals surface area contributed by atoms with Crippen LogP contribution in [-0.4, -0.2) is 29.3 Å². The quantitative estimate of drug-likeness (QED) is 0.795. The molecule has 2 atom stereocenters. The molecule has 0 aromatic rings. The Morgan fingerprint density at radius 1 is 1.10 bits per heavy atom. The number of hydrogen-bond donors (Lipinski definition) is 1. The average molecular weight is 298 g/mol. The minimum Gasteiger partial charge on any atom is -0.375 e. The topological polar surface area (TPSA) is 35.2 Å². The van der Waals surface area contributed by atoms with Crippen LogP contribution in [0.3, 0.4) is 0 Å². The summed E-state index contributed by atoms with van der Waals surface area (Å²) in [5, 5.41) is 0. The maximum Gasteiger partial charge on any atom is 0.0701 e. The van der Waals surface area contributed by atoms with Crippen LogP contribution in [0.15, 0.2) is 0 Å². The summed E-state index contributed by atoms with van der Waals surface area (Å²) >= 11 is 2.09. The van der Waals surface area contributed by atoms with Crippen molar-refractivity contribution in [3.05, 3.63) is 0 Å². The number of ether oxygens (including phenoxy) is 1. The molecule has 2 saturated heterocycles. The minimum absolute atomic E-state index is 0.0725. The van der Waals surface area contributed by atoms with E-state index in [-0.39, 0.29) is 11.1 Å². The molecule has 0 amide bonds. The van der Waals surface area contributed by atoms with Gasteiger partial charge >= 0.3 is 0 Å². The predicted octanol–water partition coefficient (Wildman–Crippen LogP) is 3.98. The lowest BCUT2D eigenvalue weighted by Gasteiger charge is -2.52. The van der Waals surface area contributed by atoms with Crippen LogP contribution in [-0.2, 0) is 4.74 Å². The van der Waals surface area contributed by atoms with Crippen LogP contribution >= 0.6 is 11.8 Å². The third kappa shape index (κ3) is 3.05. The van der Waals surface area contributed by atoms with Crippen LogP contribution in [0, 0.1) is 11.3 Å². The van der Waals surface area contributed by atoms with Crippen LogP contribution in [0.5, 0.6) is 0 Å². The molecule has 2 heterocycles. The summed E-state index contributed by atoms with van der Waals surface area (Å²) in [5.74, 6) is 3.23. The molecule has 3 heteroatoms. The van der Waals surface area contributed by atoms with E-state index in [1.54, 1.807) is 0 Å². The van der Waals surface area contributed by atoms with Crippen molar-refractivity contribution in [3.8, 4) is 0 Å². The van der Waals surface area contributed by atoms with Crippen LogP contribution in [0.1, 0.15) is 65.2 Å². The summed E-state index contributed by atoms with van der Waals surface area (Å²) in [7, 11) is 0. The Hall–Kier alpha value is 0.270. The molecule has 2 aliphatic heterocycles. The Morgan fingerprint density at radius 3 is 2.55 bits per heavy atom. The highest BCUT2D eigenvalue weighted by Gasteiger charge is 2.48. The van der Waals surface area contributed by atoms with Gasteiger partial charge in [-0.25, -0.2) is 0 Å². The Kier molecular flexibility index (Phi) is 4.16. The first-order valence-corrected chi connectivity index (χ1v) is 9.59. The SMILES string of the molecule is CC1(C)CCCC(N)(C2CCOC3(CCSCC3)C2)C1. The van der Waals surface area contributed by atoms with E-state index in [2.05, 4.69) is 25.6 Å². The summed E-state index contributed by atoms with van der Waals surface area (Å²) < 4.78 is 6.26. The summed E-state index contributed by atoms with van der Waals surface area (Å²) in [6.45, 7) is 5.74. The lowest BCUT2D eigenvalue weighted by Crippen LogP contribution is -2.57. The van der Waals surface area contributed by atoms with Crippen molar-refractivity contribution in [2.45, 2.75) is 76.4 Å². The van der Waals surface area contributed by atoms with Gasteiger partial charge in [-0.3, -0.25) is 0 Å². The highest BCUT2D eigenvalue weighted by Crippen LogP contribution is 2.49. The predicted molar refractivity (Wildman–Crippen MR) is 87.1 cm³/mol. The Labute approximate surface area is 128 Å². The van der Waals surface area contributed by atoms with Crippen molar-refractivity contribution in [1.82, 2.24) is 0 Å². The van der Waals surface area contributed by atoms with Crippen molar-refractivity contribution in [2.24, 2.45) is 17.1 Å². The summed E-state index contributed by atoms with van der Waals surface area (Å²) in [5.41, 5.74) is 7.63. The van der Waals surface area contributed by atoms with E-state index in [9.17, 15) is 0 Å². The fourth-order valence-corrected chi connectivity index (χ4v) is 6.16. The van der Waals surface area contributed by atoms with Gasteiger partial charge in [-0.15, -0.1) is 0 Å². The lowest BCUT2D eigenvalue weighted by atomic mass is 9.60. The Bertz CT molecular complexity index is 345. The molecule has 2 N–H and O–H groups in total. The zero-order valence-electron chi connectivity index (χ0n) is 13.2. The van der Waals surface area contributed by atoms with Gasteiger partial charge in [0.15, 0.2) is 0 Å². The zero-order valence-corrected chi connectivity index (χ0v) is 14.1. The molecule has 2 unspecified atom stereocenters. The third-order valence-corrected chi connectivity index (χ3v) is 7.00. The Morgan fingerprint density at radius 2 is 1.85 bits per heavy atom. The second-order valence-corrected chi connectivity index (χ2v) is 9.49. The molecule has 1 saturated carbocycles. The number of hydrogen-bond acceptors (Lipinski definition) is 3. The highest BCUT2D eigenvalue weighted by molar-refractivity contribution is 7.99. The smallest absolute Gasteiger partial charge is 0.0701 e. The normalized spacial score (nSPS) is 40.6. The minimum atomic E-state index is 0.0725. The monoisotopic (exact) mass is 297 g/mol. The van der Waals surface area contributed by atoms with Gasteiger partial charge in [-0.1, -0.05) is 20.3 Å². The molecular weight excluding hydrogens is 266 g/mol. The van der Waals surface area contributed by atoms with E-state index >= 15 is 0 Å². The van der Waals surface area contributed by atoms with Gasteiger partial charge in [0.2, 0.25) is 0 Å². The molecule has 0 aromatic carbocycles. The van der Waals surface area contributed by atoms with E-state index in [0.717, 1.165) is 6.61 Å². The van der Waals surface area contributed by atoms with Crippen LogP contribution in [0.2, 0.25) is 0 Å². The van der Waals surface area contributed by atoms with E-state index in [0.29, 0.717) is 11.3 Å². The molecule has 3 aliphatic rings. The molecule has 0 radical (unpaired) electrons. The second-order valence-electron chi connectivity index (χ2n) is 8.26. The summed E-state index contributed by atoms with van der Waals surface area (Å²) in [4.78, 5) is 0. The molecule has 3 rings (SSSR count). The molecular formula is C17H31NOS. The molecule has 1 aliphatic carbocycles. The average Bonchev–Trinajstić information content (AvgIpc) is 2.38. The van der Waals surface area contributed by atoms with Crippen LogP contribution in [0.25, 0.3) is 0 Å². The summed E-state index contributed by atoms with van der Waals surface area (Å²) in [6.07, 6.45) is 9.98. The molecule has 20 heavy (non-hydrogen) atoms. The van der Waals surface area contributed by atoms with Crippen molar-refractivity contribution >= 4 is 11.8 Å². The van der Waals surface area contributed by atoms with Crippen molar-refractivity contribution in [2.75, 3.05) is 18.1 Å². The first-order valence-electron chi connectivity index (χ1n) is 8.44. The van der Waals surface area contributed by atoms with Gasteiger partial charge in [0, 0.05) is 12.1 Å². The molecule has 2 nitrogen and oxygen atoms in total. The van der Waals surface area contributed by atoms with Gasteiger partial charge in [0.25, 0.3) is 0 Å². The lowest BCUT2D eigenvalue weighted by molar-refractivity contribution is -0.119. The fraction of sp³-hybridized carbons (Fsp3) is 1.00. The largest absolute Gasteiger partial charge is 0.375 e. The van der Waals surface area contributed by atoms with Gasteiger partial charge in [0.05, 0.1) is 5.60 Å². The van der Waals surface area contributed by atoms with Crippen LogP contribution in [0.4, 0.5) is 0 Å². The maximum atomic E-state index is 6.94. The number of rotatable bonds is 1. The van der Waals surface area contributed by atoms with E-state index in [1.165, 1.54) is 62.9 Å². The standard InChI is InChI=1S/C17H31NOS/c1-15(2)5-3-6-17(18,13-15)14-4-9-19-16(12-14)7-10-20-11-8-16/h14H,3-13,18H2,1-2H3. The van der Waals surface area contributed by atoms with Gasteiger partial charge in [-0.05, 0) is 67.8 Å². The van der Waals surface area contributed by atoms with Gasteiger partial charge < -0.3 is 10.5 Å².